The largest absolute Gasteiger partial charge is 0.358 e. The number of carbonyl (C=O) groups excluding carboxylic acids is 3. The summed E-state index contributed by atoms with van der Waals surface area (Å²) in [7, 11) is 0. The lowest BCUT2D eigenvalue weighted by Gasteiger charge is -2.40. The van der Waals surface area contributed by atoms with Gasteiger partial charge < -0.3 is 14.8 Å². The molecule has 1 aliphatic heterocycles. The predicted molar refractivity (Wildman–Crippen MR) is 137 cm³/mol. The van der Waals surface area contributed by atoms with Gasteiger partial charge in [-0.2, -0.15) is 0 Å². The molecule has 7 nitrogen and oxygen atoms in total. The molecule has 2 heterocycles. The maximum atomic E-state index is 13.7. The van der Waals surface area contributed by atoms with Gasteiger partial charge in [-0.1, -0.05) is 12.1 Å². The number of H-pyrrole nitrogens is 1. The van der Waals surface area contributed by atoms with E-state index in [1.807, 2.05) is 32.6 Å². The maximum Gasteiger partial charge on any atom is 0.294 e. The Morgan fingerprint density at radius 1 is 1.06 bits per heavy atom. The van der Waals surface area contributed by atoms with E-state index in [-0.39, 0.29) is 23.3 Å². The zero-order chi connectivity index (χ0) is 26.0. The number of rotatable bonds is 7. The third-order valence-electron chi connectivity index (χ3n) is 7.00. The molecule has 1 aliphatic rings. The Bertz CT molecular complexity index is 1280. The van der Waals surface area contributed by atoms with E-state index in [1.165, 1.54) is 17.0 Å². The van der Waals surface area contributed by atoms with E-state index in [2.05, 4.69) is 9.88 Å². The molecule has 3 aromatic rings. The van der Waals surface area contributed by atoms with Crippen molar-refractivity contribution < 1.29 is 18.8 Å². The lowest BCUT2D eigenvalue weighted by atomic mass is 10.0. The molecule has 190 valence electrons. The molecular formula is C28H33FN4O3. The highest BCUT2D eigenvalue weighted by molar-refractivity contribution is 6.43. The number of amides is 2. The smallest absolute Gasteiger partial charge is 0.294 e. The van der Waals surface area contributed by atoms with Crippen LogP contribution in [0.15, 0.2) is 42.5 Å². The predicted octanol–water partition coefficient (Wildman–Crippen LogP) is 4.01. The Morgan fingerprint density at radius 2 is 1.75 bits per heavy atom. The van der Waals surface area contributed by atoms with Crippen LogP contribution in [0.1, 0.15) is 52.7 Å². The molecule has 1 N–H and O–H groups in total. The Balaban J connectivity index is 1.54. The number of hydrogen-bond donors (Lipinski definition) is 1. The van der Waals surface area contributed by atoms with Crippen molar-refractivity contribution in [2.45, 2.75) is 40.3 Å². The Kier molecular flexibility index (Phi) is 7.54. The number of piperazine rings is 1. The molecule has 2 aromatic carbocycles. The highest BCUT2D eigenvalue weighted by Gasteiger charge is 2.31. The van der Waals surface area contributed by atoms with Crippen molar-refractivity contribution in [1.82, 2.24) is 19.7 Å². The van der Waals surface area contributed by atoms with Gasteiger partial charge in [0.1, 0.15) is 5.82 Å². The van der Waals surface area contributed by atoms with Crippen LogP contribution in [0.5, 0.6) is 0 Å². The Labute approximate surface area is 210 Å². The number of fused-ring (bicyclic) bond motifs is 1. The average Bonchev–Trinajstić information content (AvgIpc) is 3.20. The minimum Gasteiger partial charge on any atom is -0.358 e. The second-order valence-corrected chi connectivity index (χ2v) is 9.40. The molecule has 0 saturated carbocycles. The molecule has 0 spiro atoms. The first-order valence-electron chi connectivity index (χ1n) is 12.5. The van der Waals surface area contributed by atoms with Gasteiger partial charge >= 0.3 is 0 Å². The van der Waals surface area contributed by atoms with Crippen molar-refractivity contribution in [2.24, 2.45) is 0 Å². The standard InChI is InChI=1S/C28H33FN4O3/c1-5-32(6-2)28(36)26(34)21-9-12-24-23(15-21)25(19(4)30-24)27(35)33-14-13-31(16-18(33)3)17-20-7-10-22(29)11-8-20/h7-12,15,18,30H,5-6,13-14,16-17H2,1-4H3/t18-/m1/s1. The molecule has 36 heavy (non-hydrogen) atoms. The number of Topliss-reactive ketones (excluding diaryl/α,β-unsaturated/α-hetero) is 1. The van der Waals surface area contributed by atoms with Crippen LogP contribution in [-0.2, 0) is 11.3 Å². The molecule has 1 atom stereocenters. The number of aromatic nitrogens is 1. The number of nitrogens with one attached hydrogen (secondary N) is 1. The van der Waals surface area contributed by atoms with Crippen molar-refractivity contribution >= 4 is 28.5 Å². The number of likely N-dealkylation sites (N-methyl/N-ethyl adjacent to an activating group) is 1. The summed E-state index contributed by atoms with van der Waals surface area (Å²) in [6.45, 7) is 11.1. The minimum atomic E-state index is -0.569. The molecule has 1 aromatic heterocycles. The minimum absolute atomic E-state index is 0.0230. The monoisotopic (exact) mass is 492 g/mol. The lowest BCUT2D eigenvalue weighted by Crippen LogP contribution is -2.53. The normalized spacial score (nSPS) is 16.4. The van der Waals surface area contributed by atoms with E-state index in [4.69, 9.17) is 0 Å². The van der Waals surface area contributed by atoms with E-state index in [1.54, 1.807) is 30.3 Å². The highest BCUT2D eigenvalue weighted by atomic mass is 19.1. The third kappa shape index (κ3) is 5.04. The summed E-state index contributed by atoms with van der Waals surface area (Å²) in [4.78, 5) is 48.1. The first-order valence-corrected chi connectivity index (χ1v) is 12.5. The van der Waals surface area contributed by atoms with Crippen LogP contribution in [0.3, 0.4) is 0 Å². The van der Waals surface area contributed by atoms with Gasteiger partial charge in [0, 0.05) is 67.5 Å². The number of benzene rings is 2. The van der Waals surface area contributed by atoms with Crippen molar-refractivity contribution in [3.8, 4) is 0 Å². The van der Waals surface area contributed by atoms with Crippen molar-refractivity contribution in [3.63, 3.8) is 0 Å². The quantitative estimate of drug-likeness (QED) is 0.399. The number of hydrogen-bond acceptors (Lipinski definition) is 4. The summed E-state index contributed by atoms with van der Waals surface area (Å²) in [6.07, 6.45) is 0. The molecule has 0 aliphatic carbocycles. The third-order valence-corrected chi connectivity index (χ3v) is 7.00. The number of aryl methyl sites for hydroxylation is 1. The second-order valence-electron chi connectivity index (χ2n) is 9.40. The molecule has 0 unspecified atom stereocenters. The fraction of sp³-hybridized carbons (Fsp3) is 0.393. The molecule has 2 amide bonds. The van der Waals surface area contributed by atoms with Crippen molar-refractivity contribution in [3.05, 3.63) is 70.7 Å². The molecular weight excluding hydrogens is 459 g/mol. The molecule has 4 rings (SSSR count). The number of ketones is 1. The van der Waals surface area contributed by atoms with E-state index in [0.29, 0.717) is 50.2 Å². The van der Waals surface area contributed by atoms with Crippen molar-refractivity contribution in [2.75, 3.05) is 32.7 Å². The van der Waals surface area contributed by atoms with Crippen LogP contribution < -0.4 is 0 Å². The van der Waals surface area contributed by atoms with Gasteiger partial charge in [0.25, 0.3) is 11.8 Å². The van der Waals surface area contributed by atoms with Crippen LogP contribution >= 0.6 is 0 Å². The van der Waals surface area contributed by atoms with Crippen LogP contribution in [0.25, 0.3) is 10.9 Å². The highest BCUT2D eigenvalue weighted by Crippen LogP contribution is 2.27. The second kappa shape index (κ2) is 10.6. The fourth-order valence-corrected chi connectivity index (χ4v) is 4.99. The lowest BCUT2D eigenvalue weighted by molar-refractivity contribution is -0.126. The number of aromatic amines is 1. The number of carbonyl (C=O) groups is 3. The first-order chi connectivity index (χ1) is 17.2. The molecule has 0 bridgehead atoms. The van der Waals surface area contributed by atoms with Gasteiger partial charge in [0.2, 0.25) is 5.78 Å². The molecule has 8 heteroatoms. The van der Waals surface area contributed by atoms with Crippen LogP contribution in [-0.4, -0.2) is 76.0 Å². The summed E-state index contributed by atoms with van der Waals surface area (Å²) < 4.78 is 13.2. The fourth-order valence-electron chi connectivity index (χ4n) is 4.99. The summed E-state index contributed by atoms with van der Waals surface area (Å²) >= 11 is 0. The maximum absolute atomic E-state index is 13.7. The first kappa shape index (κ1) is 25.6. The topological polar surface area (TPSA) is 76.7 Å². The van der Waals surface area contributed by atoms with E-state index in [9.17, 15) is 18.8 Å². The van der Waals surface area contributed by atoms with Gasteiger partial charge in [-0.25, -0.2) is 4.39 Å². The summed E-state index contributed by atoms with van der Waals surface area (Å²) in [6, 6.07) is 11.5. The van der Waals surface area contributed by atoms with E-state index < -0.39 is 11.7 Å². The zero-order valence-electron chi connectivity index (χ0n) is 21.3. The van der Waals surface area contributed by atoms with E-state index >= 15 is 0 Å². The average molecular weight is 493 g/mol. The van der Waals surface area contributed by atoms with Gasteiger partial charge in [0.05, 0.1) is 5.56 Å². The SMILES string of the molecule is CCN(CC)C(=O)C(=O)c1ccc2[nH]c(C)c(C(=O)N3CCN(Cc4ccc(F)cc4)C[C@H]3C)c2c1. The van der Waals surface area contributed by atoms with Crippen LogP contribution in [0.4, 0.5) is 4.39 Å². The molecule has 1 saturated heterocycles. The number of halogens is 1. The van der Waals surface area contributed by atoms with Gasteiger partial charge in [0.15, 0.2) is 0 Å². The van der Waals surface area contributed by atoms with Crippen LogP contribution in [0.2, 0.25) is 0 Å². The molecule has 0 radical (unpaired) electrons. The Hall–Kier alpha value is -3.52. The number of nitrogens with zero attached hydrogens (tertiary/aromatic N) is 3. The Morgan fingerprint density at radius 3 is 2.39 bits per heavy atom. The zero-order valence-corrected chi connectivity index (χ0v) is 21.3. The van der Waals surface area contributed by atoms with Crippen LogP contribution in [0, 0.1) is 12.7 Å². The van der Waals surface area contributed by atoms with Gasteiger partial charge in [-0.05, 0) is 63.6 Å². The molecule has 1 fully saturated rings. The summed E-state index contributed by atoms with van der Waals surface area (Å²) in [5.41, 5.74) is 3.34. The van der Waals surface area contributed by atoms with E-state index in [0.717, 1.165) is 16.8 Å². The summed E-state index contributed by atoms with van der Waals surface area (Å²) in [5, 5.41) is 0.650. The van der Waals surface area contributed by atoms with Gasteiger partial charge in [-0.3, -0.25) is 19.3 Å². The summed E-state index contributed by atoms with van der Waals surface area (Å²) in [5.74, 6) is -1.45. The van der Waals surface area contributed by atoms with Crippen molar-refractivity contribution in [1.29, 1.82) is 0 Å². The van der Waals surface area contributed by atoms with Gasteiger partial charge in [-0.15, -0.1) is 0 Å².